The minimum atomic E-state index is -0.212. The van der Waals surface area contributed by atoms with Crippen LogP contribution in [0.2, 0.25) is 0 Å². The molecule has 84 valence electrons. The number of nitrogens with one attached hydrogen (secondary N) is 2. The Morgan fingerprint density at radius 3 is 2.80 bits per heavy atom. The maximum atomic E-state index is 11.5. The van der Waals surface area contributed by atoms with Gasteiger partial charge in [-0.05, 0) is 6.92 Å². The maximum Gasteiger partial charge on any atom is 0.290 e. The molecule has 0 saturated heterocycles. The smallest absolute Gasteiger partial charge is 0.290 e. The molecule has 1 heterocycles. The van der Waals surface area contributed by atoms with Gasteiger partial charge >= 0.3 is 0 Å². The molecule has 15 heavy (non-hydrogen) atoms. The van der Waals surface area contributed by atoms with Crippen molar-refractivity contribution in [1.82, 2.24) is 15.8 Å². The van der Waals surface area contributed by atoms with Gasteiger partial charge in [-0.1, -0.05) is 19.0 Å². The molecule has 0 aliphatic carbocycles. The van der Waals surface area contributed by atoms with Crippen LogP contribution in [0.4, 0.5) is 0 Å². The Balaban J connectivity index is 2.28. The number of hydrogen-bond acceptors (Lipinski definition) is 4. The number of aryl methyl sites for hydroxylation is 1. The molecule has 2 N–H and O–H groups in total. The molecule has 0 aliphatic rings. The molecule has 0 saturated carbocycles. The van der Waals surface area contributed by atoms with E-state index < -0.39 is 0 Å². The van der Waals surface area contributed by atoms with Gasteiger partial charge in [0.2, 0.25) is 5.76 Å². The lowest BCUT2D eigenvalue weighted by molar-refractivity contribution is 0.0916. The Kier molecular flexibility index (Phi) is 4.30. The number of amides is 1. The van der Waals surface area contributed by atoms with Crippen LogP contribution in [0.25, 0.3) is 0 Å². The number of nitrogens with zero attached hydrogens (tertiary/aromatic N) is 1. The lowest BCUT2D eigenvalue weighted by Crippen LogP contribution is -2.34. The molecular formula is C10H17N3O2. The third-order valence-corrected chi connectivity index (χ3v) is 1.92. The van der Waals surface area contributed by atoms with Gasteiger partial charge in [0, 0.05) is 24.7 Å². The quantitative estimate of drug-likeness (QED) is 0.704. The second-order valence-corrected chi connectivity index (χ2v) is 3.70. The summed E-state index contributed by atoms with van der Waals surface area (Å²) in [6.45, 7) is 7.23. The molecule has 0 aromatic carbocycles. The second-order valence-electron chi connectivity index (χ2n) is 3.70. The van der Waals surface area contributed by atoms with Crippen LogP contribution in [-0.4, -0.2) is 30.2 Å². The summed E-state index contributed by atoms with van der Waals surface area (Å²) in [5.41, 5.74) is 0.754. The highest BCUT2D eigenvalue weighted by Crippen LogP contribution is 2.04. The van der Waals surface area contributed by atoms with E-state index in [0.29, 0.717) is 18.3 Å². The van der Waals surface area contributed by atoms with E-state index in [2.05, 4.69) is 29.6 Å². The van der Waals surface area contributed by atoms with Crippen molar-refractivity contribution < 1.29 is 9.32 Å². The molecule has 0 bridgehead atoms. The number of carbonyl (C=O) groups excluding carboxylic acids is 1. The van der Waals surface area contributed by atoms with Crippen molar-refractivity contribution in [3.8, 4) is 0 Å². The van der Waals surface area contributed by atoms with Crippen LogP contribution in [0.15, 0.2) is 10.7 Å². The van der Waals surface area contributed by atoms with Gasteiger partial charge in [0.05, 0.1) is 6.20 Å². The first-order valence-corrected chi connectivity index (χ1v) is 5.04. The Hall–Kier alpha value is -1.36. The van der Waals surface area contributed by atoms with E-state index in [9.17, 15) is 4.79 Å². The Morgan fingerprint density at radius 2 is 2.27 bits per heavy atom. The van der Waals surface area contributed by atoms with Crippen LogP contribution in [-0.2, 0) is 0 Å². The molecule has 0 unspecified atom stereocenters. The SMILES string of the molecule is Cc1cnoc1C(=O)NCCNC(C)C. The van der Waals surface area contributed by atoms with Crippen LogP contribution in [0.3, 0.4) is 0 Å². The van der Waals surface area contributed by atoms with Gasteiger partial charge in [0.25, 0.3) is 5.91 Å². The van der Waals surface area contributed by atoms with Gasteiger partial charge in [0.15, 0.2) is 0 Å². The highest BCUT2D eigenvalue weighted by molar-refractivity contribution is 5.92. The zero-order valence-corrected chi connectivity index (χ0v) is 9.33. The molecule has 1 amide bonds. The molecule has 0 aliphatic heterocycles. The summed E-state index contributed by atoms with van der Waals surface area (Å²) in [6, 6.07) is 0.425. The molecule has 1 aromatic heterocycles. The van der Waals surface area contributed by atoms with Gasteiger partial charge in [-0.2, -0.15) is 0 Å². The molecule has 0 atom stereocenters. The summed E-state index contributed by atoms with van der Waals surface area (Å²) >= 11 is 0. The lowest BCUT2D eigenvalue weighted by atomic mass is 10.3. The third-order valence-electron chi connectivity index (χ3n) is 1.92. The predicted molar refractivity (Wildman–Crippen MR) is 56.7 cm³/mol. The van der Waals surface area contributed by atoms with Crippen molar-refractivity contribution in [3.63, 3.8) is 0 Å². The predicted octanol–water partition coefficient (Wildman–Crippen LogP) is 0.711. The lowest BCUT2D eigenvalue weighted by Gasteiger charge is -2.08. The van der Waals surface area contributed by atoms with Crippen molar-refractivity contribution in [3.05, 3.63) is 17.5 Å². The van der Waals surface area contributed by atoms with Crippen LogP contribution in [0, 0.1) is 6.92 Å². The number of hydrogen-bond donors (Lipinski definition) is 2. The summed E-state index contributed by atoms with van der Waals surface area (Å²) in [5.74, 6) is 0.0788. The van der Waals surface area contributed by atoms with Gasteiger partial charge in [0.1, 0.15) is 0 Å². The van der Waals surface area contributed by atoms with E-state index in [1.165, 1.54) is 6.20 Å². The van der Waals surface area contributed by atoms with Crippen molar-refractivity contribution in [1.29, 1.82) is 0 Å². The fourth-order valence-electron chi connectivity index (χ4n) is 1.13. The van der Waals surface area contributed by atoms with Crippen LogP contribution >= 0.6 is 0 Å². The first kappa shape index (κ1) is 11.7. The van der Waals surface area contributed by atoms with Crippen molar-refractivity contribution in [2.75, 3.05) is 13.1 Å². The minimum absolute atomic E-state index is 0.212. The summed E-state index contributed by atoms with van der Waals surface area (Å²) in [4.78, 5) is 11.5. The molecule has 0 spiro atoms. The average Bonchev–Trinajstić information content (AvgIpc) is 2.58. The number of rotatable bonds is 5. The van der Waals surface area contributed by atoms with E-state index in [0.717, 1.165) is 12.1 Å². The van der Waals surface area contributed by atoms with E-state index in [1.54, 1.807) is 6.92 Å². The topological polar surface area (TPSA) is 67.2 Å². The van der Waals surface area contributed by atoms with Crippen LogP contribution < -0.4 is 10.6 Å². The van der Waals surface area contributed by atoms with Crippen molar-refractivity contribution >= 4 is 5.91 Å². The zero-order chi connectivity index (χ0) is 11.3. The molecule has 5 nitrogen and oxygen atoms in total. The van der Waals surface area contributed by atoms with E-state index in [1.807, 2.05) is 0 Å². The fraction of sp³-hybridized carbons (Fsp3) is 0.600. The molecule has 1 rings (SSSR count). The summed E-state index contributed by atoms with van der Waals surface area (Å²) in [5, 5.41) is 9.49. The Bertz CT molecular complexity index is 320. The van der Waals surface area contributed by atoms with Gasteiger partial charge < -0.3 is 15.2 Å². The van der Waals surface area contributed by atoms with Crippen LogP contribution in [0.5, 0.6) is 0 Å². The van der Waals surface area contributed by atoms with E-state index in [4.69, 9.17) is 4.52 Å². The monoisotopic (exact) mass is 211 g/mol. The highest BCUT2D eigenvalue weighted by atomic mass is 16.5. The van der Waals surface area contributed by atoms with Crippen molar-refractivity contribution in [2.24, 2.45) is 0 Å². The fourth-order valence-corrected chi connectivity index (χ4v) is 1.13. The summed E-state index contributed by atoms with van der Waals surface area (Å²) < 4.78 is 4.82. The average molecular weight is 211 g/mol. The van der Waals surface area contributed by atoms with E-state index >= 15 is 0 Å². The maximum absolute atomic E-state index is 11.5. The van der Waals surface area contributed by atoms with Gasteiger partial charge in [-0.3, -0.25) is 4.79 Å². The van der Waals surface area contributed by atoms with Crippen molar-refractivity contribution in [2.45, 2.75) is 26.8 Å². The molecule has 0 radical (unpaired) electrons. The minimum Gasteiger partial charge on any atom is -0.351 e. The van der Waals surface area contributed by atoms with Gasteiger partial charge in [-0.15, -0.1) is 0 Å². The molecular weight excluding hydrogens is 194 g/mol. The third kappa shape index (κ3) is 3.71. The molecule has 5 heteroatoms. The molecule has 1 aromatic rings. The first-order valence-electron chi connectivity index (χ1n) is 5.04. The van der Waals surface area contributed by atoms with Crippen LogP contribution in [0.1, 0.15) is 30.0 Å². The summed E-state index contributed by atoms with van der Waals surface area (Å²) in [6.07, 6.45) is 1.53. The van der Waals surface area contributed by atoms with E-state index in [-0.39, 0.29) is 5.91 Å². The number of aromatic nitrogens is 1. The largest absolute Gasteiger partial charge is 0.351 e. The Morgan fingerprint density at radius 1 is 1.53 bits per heavy atom. The van der Waals surface area contributed by atoms with Gasteiger partial charge in [-0.25, -0.2) is 0 Å². The molecule has 0 fully saturated rings. The second kappa shape index (κ2) is 5.50. The number of carbonyl (C=O) groups is 1. The normalized spacial score (nSPS) is 10.7. The standard InChI is InChI=1S/C10H17N3O2/c1-7(2)11-4-5-12-10(14)9-8(3)6-13-15-9/h6-7,11H,4-5H2,1-3H3,(H,12,14). The first-order chi connectivity index (χ1) is 7.11. The summed E-state index contributed by atoms with van der Waals surface area (Å²) in [7, 11) is 0. The zero-order valence-electron chi connectivity index (χ0n) is 9.33. The highest BCUT2D eigenvalue weighted by Gasteiger charge is 2.12. The Labute approximate surface area is 89.2 Å².